The molecule has 1 amide bonds. The summed E-state index contributed by atoms with van der Waals surface area (Å²) in [5, 5.41) is 0.163. The van der Waals surface area contributed by atoms with Crippen molar-refractivity contribution in [1.29, 1.82) is 4.78 Å². The lowest BCUT2D eigenvalue weighted by Crippen LogP contribution is -2.15. The first kappa shape index (κ1) is 24.1. The number of allylic oxidation sites excluding steroid dienone is 1. The highest BCUT2D eigenvalue weighted by Crippen LogP contribution is 2.37. The molecule has 0 fully saturated rings. The Morgan fingerprint density at radius 1 is 1.31 bits per heavy atom. The maximum Gasteiger partial charge on any atom is 0.269 e. The number of primary amides is 1. The second-order valence-electron chi connectivity index (χ2n) is 7.47. The number of fused-ring (bicyclic) bond motifs is 1. The summed E-state index contributed by atoms with van der Waals surface area (Å²) in [6.07, 6.45) is 5.48. The number of nitrogens with two attached hydrogens (primary N) is 1. The highest BCUT2D eigenvalue weighted by molar-refractivity contribution is 7.93. The van der Waals surface area contributed by atoms with E-state index < -0.39 is 21.6 Å². The molecule has 1 unspecified atom stereocenters. The SMILES string of the molecule is C=C(C)c1c(NS(=N)(=O)c2cc(Cl)cnc2OC)ccc(F)c1-c1cn2cnc(C(N)=O)c2cn1. The molecule has 0 saturated carbocycles. The summed E-state index contributed by atoms with van der Waals surface area (Å²) in [5.41, 5.74) is 6.77. The number of imidazole rings is 1. The van der Waals surface area contributed by atoms with Gasteiger partial charge in [0.2, 0.25) is 5.88 Å². The molecule has 0 saturated heterocycles. The van der Waals surface area contributed by atoms with Gasteiger partial charge < -0.3 is 14.9 Å². The number of hydrogen-bond acceptors (Lipinski definition) is 7. The van der Waals surface area contributed by atoms with Crippen molar-refractivity contribution in [2.75, 3.05) is 11.8 Å². The molecule has 1 aromatic carbocycles. The van der Waals surface area contributed by atoms with Gasteiger partial charge in [0.05, 0.1) is 35.2 Å². The third-order valence-electron chi connectivity index (χ3n) is 5.03. The second-order valence-corrected chi connectivity index (χ2v) is 9.66. The van der Waals surface area contributed by atoms with Crippen LogP contribution in [0.3, 0.4) is 0 Å². The van der Waals surface area contributed by atoms with E-state index in [0.29, 0.717) is 11.1 Å². The van der Waals surface area contributed by atoms with Crippen molar-refractivity contribution < 1.29 is 18.1 Å². The number of nitrogens with zero attached hydrogens (tertiary/aromatic N) is 4. The monoisotopic (exact) mass is 515 g/mol. The predicted molar refractivity (Wildman–Crippen MR) is 130 cm³/mol. The van der Waals surface area contributed by atoms with E-state index in [1.807, 2.05) is 0 Å². The highest BCUT2D eigenvalue weighted by atomic mass is 35.5. The van der Waals surface area contributed by atoms with Gasteiger partial charge in [-0.2, -0.15) is 0 Å². The number of rotatable bonds is 7. The zero-order chi connectivity index (χ0) is 25.5. The summed E-state index contributed by atoms with van der Waals surface area (Å²) < 4.78 is 46.4. The number of benzene rings is 1. The van der Waals surface area contributed by atoms with Crippen LogP contribution in [0.2, 0.25) is 5.02 Å². The number of carbonyl (C=O) groups excluding carboxylic acids is 1. The maximum atomic E-state index is 15.2. The van der Waals surface area contributed by atoms with Gasteiger partial charge in [-0.15, -0.1) is 0 Å². The van der Waals surface area contributed by atoms with Gasteiger partial charge in [0, 0.05) is 23.5 Å². The molecule has 0 spiro atoms. The molecule has 0 radical (unpaired) electrons. The lowest BCUT2D eigenvalue weighted by molar-refractivity contribution is 0.0997. The number of methoxy groups -OCH3 is 1. The molecule has 180 valence electrons. The van der Waals surface area contributed by atoms with Crippen LogP contribution < -0.4 is 15.2 Å². The van der Waals surface area contributed by atoms with Crippen LogP contribution in [0, 0.1) is 10.6 Å². The Kier molecular flexibility index (Phi) is 6.17. The summed E-state index contributed by atoms with van der Waals surface area (Å²) >= 11 is 6.00. The van der Waals surface area contributed by atoms with Crippen LogP contribution in [0.1, 0.15) is 23.0 Å². The van der Waals surface area contributed by atoms with E-state index in [2.05, 4.69) is 26.3 Å². The number of nitrogens with one attached hydrogen (secondary N) is 2. The van der Waals surface area contributed by atoms with Crippen LogP contribution in [0.4, 0.5) is 10.1 Å². The molecule has 4 aromatic rings. The third kappa shape index (κ3) is 4.40. The molecule has 0 aliphatic rings. The van der Waals surface area contributed by atoms with Gasteiger partial charge in [0.25, 0.3) is 5.91 Å². The Morgan fingerprint density at radius 3 is 2.71 bits per heavy atom. The molecule has 0 aliphatic carbocycles. The van der Waals surface area contributed by atoms with Gasteiger partial charge in [-0.3, -0.25) is 14.5 Å². The van der Waals surface area contributed by atoms with Crippen molar-refractivity contribution in [2.45, 2.75) is 11.8 Å². The summed E-state index contributed by atoms with van der Waals surface area (Å²) in [7, 11) is -2.43. The summed E-state index contributed by atoms with van der Waals surface area (Å²) in [4.78, 5) is 23.7. The minimum atomic E-state index is -3.76. The first-order valence-corrected chi connectivity index (χ1v) is 11.8. The van der Waals surface area contributed by atoms with E-state index in [-0.39, 0.29) is 44.0 Å². The molecule has 0 bridgehead atoms. The van der Waals surface area contributed by atoms with Crippen molar-refractivity contribution in [3.05, 3.63) is 71.8 Å². The number of halogens is 2. The van der Waals surface area contributed by atoms with Crippen molar-refractivity contribution in [3.63, 3.8) is 0 Å². The molecule has 3 heterocycles. The maximum absolute atomic E-state index is 15.2. The lowest BCUT2D eigenvalue weighted by atomic mass is 9.97. The van der Waals surface area contributed by atoms with Gasteiger partial charge in [0.15, 0.2) is 15.6 Å². The van der Waals surface area contributed by atoms with Gasteiger partial charge in [-0.1, -0.05) is 18.2 Å². The second kappa shape index (κ2) is 8.96. The number of aromatic nitrogens is 4. The topological polar surface area (TPSA) is 148 Å². The van der Waals surface area contributed by atoms with Gasteiger partial charge in [0.1, 0.15) is 17.0 Å². The smallest absolute Gasteiger partial charge is 0.269 e. The molecule has 13 heteroatoms. The van der Waals surface area contributed by atoms with Gasteiger partial charge in [-0.25, -0.2) is 23.3 Å². The molecule has 4 N–H and O–H groups in total. The van der Waals surface area contributed by atoms with E-state index in [4.69, 9.17) is 26.9 Å². The van der Waals surface area contributed by atoms with E-state index in [9.17, 15) is 9.00 Å². The van der Waals surface area contributed by atoms with E-state index in [1.165, 1.54) is 48.6 Å². The van der Waals surface area contributed by atoms with Crippen LogP contribution in [0.15, 0.2) is 54.6 Å². The van der Waals surface area contributed by atoms with Crippen molar-refractivity contribution in [3.8, 4) is 17.1 Å². The Morgan fingerprint density at radius 2 is 2.06 bits per heavy atom. The minimum Gasteiger partial charge on any atom is -0.480 e. The zero-order valence-electron chi connectivity index (χ0n) is 18.5. The van der Waals surface area contributed by atoms with Crippen molar-refractivity contribution in [2.24, 2.45) is 5.73 Å². The first-order valence-electron chi connectivity index (χ1n) is 9.91. The fraction of sp³-hybridized carbons (Fsp3) is 0.0909. The number of ether oxygens (including phenoxy) is 1. The standard InChI is InChI=1S/C22H19ClFN7O3S/c1-11(2)18-14(30-35(26,33)17-6-12(23)7-28-22(17)34-3)5-4-13(24)19(18)15-9-31-10-29-20(21(25)32)16(31)8-27-15/h4-10H,1H2,2-3H3,(H2,25,32)(H2,26,30,33). The minimum absolute atomic E-state index is 0.0260. The van der Waals surface area contributed by atoms with E-state index in [1.54, 1.807) is 6.92 Å². The quantitative estimate of drug-likeness (QED) is 0.336. The molecular formula is C22H19ClFN7O3S. The molecule has 3 aromatic heterocycles. The number of anilines is 1. The Bertz CT molecular complexity index is 1620. The molecule has 4 rings (SSSR count). The normalized spacial score (nSPS) is 12.8. The van der Waals surface area contributed by atoms with Crippen LogP contribution in [-0.4, -0.2) is 36.6 Å². The van der Waals surface area contributed by atoms with Crippen molar-refractivity contribution in [1.82, 2.24) is 19.4 Å². The van der Waals surface area contributed by atoms with Gasteiger partial charge in [-0.05, 0) is 30.7 Å². The third-order valence-corrected chi connectivity index (χ3v) is 6.66. The Balaban J connectivity index is 1.88. The fourth-order valence-corrected chi connectivity index (χ4v) is 5.04. The molecule has 35 heavy (non-hydrogen) atoms. The molecule has 1 atom stereocenters. The average molecular weight is 516 g/mol. The summed E-state index contributed by atoms with van der Waals surface area (Å²) in [5.74, 6) is -1.40. The van der Waals surface area contributed by atoms with Gasteiger partial charge >= 0.3 is 0 Å². The molecule has 0 aliphatic heterocycles. The predicted octanol–water partition coefficient (Wildman–Crippen LogP) is 4.16. The Hall–Kier alpha value is -4.03. The van der Waals surface area contributed by atoms with Crippen molar-refractivity contribution >= 4 is 44.2 Å². The summed E-state index contributed by atoms with van der Waals surface area (Å²) in [6, 6.07) is 3.82. The van der Waals surface area contributed by atoms with Crippen LogP contribution in [0.5, 0.6) is 5.88 Å². The average Bonchev–Trinajstić information content (AvgIpc) is 3.23. The van der Waals surface area contributed by atoms with E-state index >= 15 is 4.39 Å². The number of hydrogen-bond donors (Lipinski definition) is 3. The fourth-order valence-electron chi connectivity index (χ4n) is 3.55. The number of pyridine rings is 1. The molecule has 10 nitrogen and oxygen atoms in total. The van der Waals surface area contributed by atoms with E-state index in [0.717, 1.165) is 6.07 Å². The number of amides is 1. The summed E-state index contributed by atoms with van der Waals surface area (Å²) in [6.45, 7) is 5.56. The largest absolute Gasteiger partial charge is 0.480 e. The number of carbonyl (C=O) groups is 1. The molecular weight excluding hydrogens is 497 g/mol. The van der Waals surface area contributed by atoms with Crippen LogP contribution in [0.25, 0.3) is 22.3 Å². The first-order chi connectivity index (χ1) is 16.5. The van der Waals surface area contributed by atoms with Crippen LogP contribution in [-0.2, 0) is 9.92 Å². The Labute approximate surface area is 204 Å². The van der Waals surface area contributed by atoms with Crippen LogP contribution >= 0.6 is 11.6 Å². The lowest BCUT2D eigenvalue weighted by Gasteiger charge is -2.19. The zero-order valence-corrected chi connectivity index (χ0v) is 20.1. The highest BCUT2D eigenvalue weighted by Gasteiger charge is 2.23.